The van der Waals surface area contributed by atoms with Crippen LogP contribution in [-0.2, 0) is 11.4 Å². The molecule has 4 aromatic carbocycles. The fourth-order valence-corrected chi connectivity index (χ4v) is 3.81. The number of nitrogens with zero attached hydrogens (tertiary/aromatic N) is 1. The van der Waals surface area contributed by atoms with Crippen LogP contribution in [0, 0.1) is 0 Å². The number of amides is 1. The monoisotopic (exact) mass is 592 g/mol. The molecule has 0 aliphatic carbocycles. The van der Waals surface area contributed by atoms with Crippen LogP contribution in [0.25, 0.3) is 0 Å². The zero-order valence-electron chi connectivity index (χ0n) is 20.0. The molecule has 0 atom stereocenters. The maximum absolute atomic E-state index is 12.5. The quantitative estimate of drug-likeness (QED) is 0.0991. The summed E-state index contributed by atoms with van der Waals surface area (Å²) in [7, 11) is 0. The summed E-state index contributed by atoms with van der Waals surface area (Å²) in [4.78, 5) is 24.7. The minimum Gasteiger partial charge on any atom is -0.489 e. The normalized spacial score (nSPS) is 10.7. The molecule has 0 saturated heterocycles. The SMILES string of the molecule is O=C(COc1ccc(OCc2ccccc2)cc1)N/N=C\c1cc(Br)ccc1OC(=O)c1ccccc1Cl. The highest BCUT2D eigenvalue weighted by Gasteiger charge is 2.14. The molecule has 4 aromatic rings. The van der Waals surface area contributed by atoms with Crippen LogP contribution in [0.2, 0.25) is 5.02 Å². The average molecular weight is 594 g/mol. The Hall–Kier alpha value is -4.14. The molecule has 192 valence electrons. The maximum Gasteiger partial charge on any atom is 0.345 e. The van der Waals surface area contributed by atoms with E-state index >= 15 is 0 Å². The van der Waals surface area contributed by atoms with Gasteiger partial charge in [-0.05, 0) is 60.2 Å². The van der Waals surface area contributed by atoms with Gasteiger partial charge in [0, 0.05) is 10.0 Å². The summed E-state index contributed by atoms with van der Waals surface area (Å²) in [6.07, 6.45) is 1.37. The number of hydrazone groups is 1. The summed E-state index contributed by atoms with van der Waals surface area (Å²) in [5.41, 5.74) is 4.17. The van der Waals surface area contributed by atoms with E-state index < -0.39 is 11.9 Å². The standard InChI is InChI=1S/C29H22BrClN2O5/c30-22-10-15-27(38-29(35)25-8-4-5-9-26(25)31)21(16-22)17-32-33-28(34)19-37-24-13-11-23(12-14-24)36-18-20-6-2-1-3-7-20/h1-17H,18-19H2,(H,33,34)/b32-17-. The van der Waals surface area contributed by atoms with Gasteiger partial charge in [0.05, 0.1) is 16.8 Å². The molecule has 0 bridgehead atoms. The number of nitrogens with one attached hydrogen (secondary N) is 1. The summed E-state index contributed by atoms with van der Waals surface area (Å²) >= 11 is 9.47. The predicted molar refractivity (Wildman–Crippen MR) is 149 cm³/mol. The van der Waals surface area contributed by atoms with Crippen molar-refractivity contribution in [2.45, 2.75) is 6.61 Å². The molecule has 4 rings (SSSR count). The Bertz CT molecular complexity index is 1430. The first-order chi connectivity index (χ1) is 18.5. The molecular weight excluding hydrogens is 572 g/mol. The summed E-state index contributed by atoms with van der Waals surface area (Å²) in [6, 6.07) is 28.4. The third-order valence-corrected chi connectivity index (χ3v) is 5.93. The lowest BCUT2D eigenvalue weighted by Crippen LogP contribution is -2.24. The third-order valence-electron chi connectivity index (χ3n) is 5.10. The Kier molecular flexibility index (Phi) is 9.50. The summed E-state index contributed by atoms with van der Waals surface area (Å²) in [6.45, 7) is 0.217. The highest BCUT2D eigenvalue weighted by Crippen LogP contribution is 2.24. The van der Waals surface area contributed by atoms with E-state index in [1.807, 2.05) is 30.3 Å². The predicted octanol–water partition coefficient (Wildman–Crippen LogP) is 6.43. The molecule has 1 N–H and O–H groups in total. The summed E-state index contributed by atoms with van der Waals surface area (Å²) in [5, 5.41) is 4.24. The minimum absolute atomic E-state index is 0.237. The number of ether oxygens (including phenoxy) is 3. The van der Waals surface area contributed by atoms with Gasteiger partial charge in [0.25, 0.3) is 5.91 Å². The Labute approximate surface area is 233 Å². The van der Waals surface area contributed by atoms with E-state index in [1.54, 1.807) is 66.7 Å². The average Bonchev–Trinajstić information content (AvgIpc) is 2.93. The van der Waals surface area contributed by atoms with E-state index in [0.717, 1.165) is 10.0 Å². The van der Waals surface area contributed by atoms with Crippen molar-refractivity contribution in [1.29, 1.82) is 0 Å². The molecule has 0 unspecified atom stereocenters. The Morgan fingerprint density at radius 2 is 1.55 bits per heavy atom. The molecule has 1 amide bonds. The van der Waals surface area contributed by atoms with Gasteiger partial charge >= 0.3 is 5.97 Å². The molecule has 7 nitrogen and oxygen atoms in total. The Balaban J connectivity index is 1.28. The Morgan fingerprint density at radius 1 is 0.868 bits per heavy atom. The fraction of sp³-hybridized carbons (Fsp3) is 0.0690. The van der Waals surface area contributed by atoms with Crippen molar-refractivity contribution in [3.8, 4) is 17.2 Å². The molecular formula is C29H22BrClN2O5. The topological polar surface area (TPSA) is 86.2 Å². The molecule has 0 radical (unpaired) electrons. The molecule has 0 aromatic heterocycles. The van der Waals surface area contributed by atoms with E-state index in [0.29, 0.717) is 23.7 Å². The van der Waals surface area contributed by atoms with Crippen molar-refractivity contribution in [3.05, 3.63) is 123 Å². The second-order valence-corrected chi connectivity index (χ2v) is 9.20. The van der Waals surface area contributed by atoms with Gasteiger partial charge in [-0.15, -0.1) is 0 Å². The van der Waals surface area contributed by atoms with Crippen molar-refractivity contribution >= 4 is 45.6 Å². The largest absolute Gasteiger partial charge is 0.489 e. The number of carbonyl (C=O) groups excluding carboxylic acids is 2. The van der Waals surface area contributed by atoms with E-state index in [4.69, 9.17) is 25.8 Å². The van der Waals surface area contributed by atoms with Crippen LogP contribution >= 0.6 is 27.5 Å². The van der Waals surface area contributed by atoms with E-state index in [-0.39, 0.29) is 22.9 Å². The molecule has 0 saturated carbocycles. The smallest absolute Gasteiger partial charge is 0.345 e. The number of rotatable bonds is 10. The molecule has 0 aliphatic heterocycles. The number of hydrogen-bond acceptors (Lipinski definition) is 6. The second-order valence-electron chi connectivity index (χ2n) is 7.88. The molecule has 0 spiro atoms. The van der Waals surface area contributed by atoms with Crippen LogP contribution in [0.3, 0.4) is 0 Å². The van der Waals surface area contributed by atoms with Crippen LogP contribution in [0.1, 0.15) is 21.5 Å². The zero-order valence-corrected chi connectivity index (χ0v) is 22.3. The van der Waals surface area contributed by atoms with Gasteiger partial charge in [-0.2, -0.15) is 5.10 Å². The zero-order chi connectivity index (χ0) is 26.7. The van der Waals surface area contributed by atoms with E-state index in [2.05, 4.69) is 26.5 Å². The first-order valence-corrected chi connectivity index (χ1v) is 12.6. The number of hydrogen-bond donors (Lipinski definition) is 1. The molecule has 0 fully saturated rings. The number of halogens is 2. The van der Waals surface area contributed by atoms with Crippen LogP contribution in [0.4, 0.5) is 0 Å². The van der Waals surface area contributed by atoms with Gasteiger partial charge in [-0.1, -0.05) is 70.0 Å². The lowest BCUT2D eigenvalue weighted by Gasteiger charge is -2.09. The van der Waals surface area contributed by atoms with Gasteiger partial charge in [0.1, 0.15) is 23.9 Å². The third kappa shape index (κ3) is 7.93. The Morgan fingerprint density at radius 3 is 2.29 bits per heavy atom. The number of esters is 1. The fourth-order valence-electron chi connectivity index (χ4n) is 3.22. The van der Waals surface area contributed by atoms with E-state index in [1.165, 1.54) is 6.21 Å². The first kappa shape index (κ1) is 26.9. The second kappa shape index (κ2) is 13.4. The highest BCUT2D eigenvalue weighted by molar-refractivity contribution is 9.10. The van der Waals surface area contributed by atoms with Gasteiger partial charge in [0.2, 0.25) is 0 Å². The number of carbonyl (C=O) groups is 2. The minimum atomic E-state index is -0.610. The van der Waals surface area contributed by atoms with Crippen molar-refractivity contribution in [2.75, 3.05) is 6.61 Å². The van der Waals surface area contributed by atoms with Crippen molar-refractivity contribution in [3.63, 3.8) is 0 Å². The molecule has 9 heteroatoms. The van der Waals surface area contributed by atoms with E-state index in [9.17, 15) is 9.59 Å². The molecule has 0 aliphatic rings. The molecule has 0 heterocycles. The van der Waals surface area contributed by atoms with Crippen LogP contribution < -0.4 is 19.6 Å². The van der Waals surface area contributed by atoms with Gasteiger partial charge in [-0.25, -0.2) is 10.2 Å². The van der Waals surface area contributed by atoms with Crippen molar-refractivity contribution in [2.24, 2.45) is 5.10 Å². The summed E-state index contributed by atoms with van der Waals surface area (Å²) in [5.74, 6) is 0.381. The first-order valence-electron chi connectivity index (χ1n) is 11.5. The van der Waals surface area contributed by atoms with Crippen LogP contribution in [0.15, 0.2) is 107 Å². The number of benzene rings is 4. The van der Waals surface area contributed by atoms with Gasteiger partial charge in [0.15, 0.2) is 6.61 Å². The van der Waals surface area contributed by atoms with Crippen LogP contribution in [-0.4, -0.2) is 24.7 Å². The van der Waals surface area contributed by atoms with Crippen molar-refractivity contribution in [1.82, 2.24) is 5.43 Å². The lowest BCUT2D eigenvalue weighted by molar-refractivity contribution is -0.123. The molecule has 38 heavy (non-hydrogen) atoms. The maximum atomic E-state index is 12.5. The van der Waals surface area contributed by atoms with Crippen molar-refractivity contribution < 1.29 is 23.8 Å². The lowest BCUT2D eigenvalue weighted by atomic mass is 10.2. The summed E-state index contributed by atoms with van der Waals surface area (Å²) < 4.78 is 17.5. The van der Waals surface area contributed by atoms with Crippen LogP contribution in [0.5, 0.6) is 17.2 Å². The van der Waals surface area contributed by atoms with Gasteiger partial charge in [-0.3, -0.25) is 4.79 Å². The highest BCUT2D eigenvalue weighted by atomic mass is 79.9. The van der Waals surface area contributed by atoms with Gasteiger partial charge < -0.3 is 14.2 Å².